The Kier molecular flexibility index (Phi) is 4.21. The van der Waals surface area contributed by atoms with Crippen molar-refractivity contribution in [2.24, 2.45) is 5.92 Å². The highest BCUT2D eigenvalue weighted by Gasteiger charge is 2.33. The number of likely N-dealkylation sites (N-methyl/N-ethyl adjacent to an activating group) is 1. The van der Waals surface area contributed by atoms with Crippen LogP contribution in [-0.2, 0) is 9.53 Å². The fourth-order valence-corrected chi connectivity index (χ4v) is 2.12. The van der Waals surface area contributed by atoms with Gasteiger partial charge in [-0.1, -0.05) is 0 Å². The van der Waals surface area contributed by atoms with Crippen molar-refractivity contribution in [2.75, 3.05) is 25.6 Å². The molecule has 7 heteroatoms. The van der Waals surface area contributed by atoms with Gasteiger partial charge in [0.1, 0.15) is 11.3 Å². The van der Waals surface area contributed by atoms with Gasteiger partial charge in [0.15, 0.2) is 0 Å². The van der Waals surface area contributed by atoms with Crippen LogP contribution in [0.2, 0.25) is 0 Å². The molecule has 1 aliphatic heterocycles. The van der Waals surface area contributed by atoms with Crippen LogP contribution < -0.4 is 10.6 Å². The van der Waals surface area contributed by atoms with E-state index in [9.17, 15) is 14.7 Å². The van der Waals surface area contributed by atoms with E-state index in [0.717, 1.165) is 0 Å². The highest BCUT2D eigenvalue weighted by Crippen LogP contribution is 2.23. The van der Waals surface area contributed by atoms with Crippen molar-refractivity contribution in [3.8, 4) is 5.75 Å². The maximum absolute atomic E-state index is 12.1. The normalized spacial score (nSPS) is 21.6. The molecule has 0 bridgehead atoms. The fraction of sp³-hybridized carbons (Fsp3) is 0.385. The molecule has 0 radical (unpaired) electrons. The SMILES string of the molecule is CNC1COCC1C(=O)Nc1ccc(O)c(C(=O)O)c1. The molecule has 0 saturated carbocycles. The number of rotatable bonds is 4. The Morgan fingerprint density at radius 1 is 1.35 bits per heavy atom. The third-order valence-electron chi connectivity index (χ3n) is 3.28. The maximum Gasteiger partial charge on any atom is 0.339 e. The number of anilines is 1. The van der Waals surface area contributed by atoms with Crippen LogP contribution in [0.4, 0.5) is 5.69 Å². The quantitative estimate of drug-likeness (QED) is 0.589. The minimum absolute atomic E-state index is 0.0638. The van der Waals surface area contributed by atoms with Gasteiger partial charge in [0.05, 0.1) is 19.1 Å². The molecule has 7 nitrogen and oxygen atoms in total. The molecule has 1 heterocycles. The van der Waals surface area contributed by atoms with E-state index in [-0.39, 0.29) is 29.2 Å². The number of phenols is 1. The Morgan fingerprint density at radius 3 is 2.75 bits per heavy atom. The fourth-order valence-electron chi connectivity index (χ4n) is 2.12. The number of carboxylic acids is 1. The van der Waals surface area contributed by atoms with Crippen molar-refractivity contribution in [2.45, 2.75) is 6.04 Å². The van der Waals surface area contributed by atoms with Crippen LogP contribution >= 0.6 is 0 Å². The van der Waals surface area contributed by atoms with Gasteiger partial charge in [-0.15, -0.1) is 0 Å². The minimum Gasteiger partial charge on any atom is -0.507 e. The third kappa shape index (κ3) is 2.89. The van der Waals surface area contributed by atoms with E-state index in [1.54, 1.807) is 7.05 Å². The summed E-state index contributed by atoms with van der Waals surface area (Å²) in [6.45, 7) is 0.783. The molecule has 1 aromatic carbocycles. The average molecular weight is 280 g/mol. The summed E-state index contributed by atoms with van der Waals surface area (Å²) in [5.41, 5.74) is 0.0718. The molecule has 1 fully saturated rings. The predicted molar refractivity (Wildman–Crippen MR) is 70.9 cm³/mol. The van der Waals surface area contributed by atoms with Crippen LogP contribution in [0.5, 0.6) is 5.75 Å². The lowest BCUT2D eigenvalue weighted by Gasteiger charge is -2.16. The summed E-state index contributed by atoms with van der Waals surface area (Å²) in [5, 5.41) is 24.0. The first kappa shape index (κ1) is 14.3. The van der Waals surface area contributed by atoms with E-state index < -0.39 is 5.97 Å². The van der Waals surface area contributed by atoms with Crippen molar-refractivity contribution < 1.29 is 24.5 Å². The first-order valence-corrected chi connectivity index (χ1v) is 6.15. The molecule has 2 rings (SSSR count). The van der Waals surface area contributed by atoms with Crippen molar-refractivity contribution in [1.82, 2.24) is 5.32 Å². The second-order valence-corrected chi connectivity index (χ2v) is 4.57. The van der Waals surface area contributed by atoms with Crippen LogP contribution in [0.1, 0.15) is 10.4 Å². The van der Waals surface area contributed by atoms with Gasteiger partial charge >= 0.3 is 5.97 Å². The van der Waals surface area contributed by atoms with Gasteiger partial charge in [-0.3, -0.25) is 4.79 Å². The zero-order chi connectivity index (χ0) is 14.7. The number of carboxylic acid groups (broad SMARTS) is 1. The van der Waals surface area contributed by atoms with Gasteiger partial charge in [0, 0.05) is 11.7 Å². The lowest BCUT2D eigenvalue weighted by Crippen LogP contribution is -2.39. The first-order chi connectivity index (χ1) is 9.52. The first-order valence-electron chi connectivity index (χ1n) is 6.15. The molecular weight excluding hydrogens is 264 g/mol. The van der Waals surface area contributed by atoms with E-state index in [0.29, 0.717) is 18.9 Å². The Morgan fingerprint density at radius 2 is 2.10 bits per heavy atom. The zero-order valence-electron chi connectivity index (χ0n) is 10.9. The van der Waals surface area contributed by atoms with Gasteiger partial charge in [-0.05, 0) is 25.2 Å². The molecule has 1 aliphatic rings. The highest BCUT2D eigenvalue weighted by molar-refractivity contribution is 5.96. The maximum atomic E-state index is 12.1. The number of ether oxygens (including phenoxy) is 1. The predicted octanol–water partition coefficient (Wildman–Crippen LogP) is 0.263. The molecule has 1 saturated heterocycles. The van der Waals surface area contributed by atoms with Gasteiger partial charge in [0.2, 0.25) is 5.91 Å². The van der Waals surface area contributed by atoms with Gasteiger partial charge in [-0.2, -0.15) is 0 Å². The molecule has 1 amide bonds. The second-order valence-electron chi connectivity index (χ2n) is 4.57. The molecule has 0 aliphatic carbocycles. The number of aromatic hydroxyl groups is 1. The molecular formula is C13H16N2O5. The summed E-state index contributed by atoms with van der Waals surface area (Å²) < 4.78 is 5.24. The van der Waals surface area contributed by atoms with E-state index in [1.807, 2.05) is 0 Å². The summed E-state index contributed by atoms with van der Waals surface area (Å²) in [6.07, 6.45) is 0. The zero-order valence-corrected chi connectivity index (χ0v) is 10.9. The summed E-state index contributed by atoms with van der Waals surface area (Å²) in [4.78, 5) is 23.0. The second kappa shape index (κ2) is 5.89. The number of amides is 1. The van der Waals surface area contributed by atoms with E-state index in [1.165, 1.54) is 18.2 Å². The van der Waals surface area contributed by atoms with Crippen LogP contribution in [0.25, 0.3) is 0 Å². The summed E-state index contributed by atoms with van der Waals surface area (Å²) >= 11 is 0. The number of aromatic carboxylic acids is 1. The topological polar surface area (TPSA) is 108 Å². The van der Waals surface area contributed by atoms with Crippen molar-refractivity contribution in [3.05, 3.63) is 23.8 Å². The third-order valence-corrected chi connectivity index (χ3v) is 3.28. The summed E-state index contributed by atoms with van der Waals surface area (Å²) in [5.74, 6) is -2.17. The monoisotopic (exact) mass is 280 g/mol. The molecule has 2 unspecified atom stereocenters. The highest BCUT2D eigenvalue weighted by atomic mass is 16.5. The molecule has 1 aromatic rings. The molecule has 0 spiro atoms. The van der Waals surface area contributed by atoms with E-state index in [4.69, 9.17) is 9.84 Å². The number of hydrogen-bond acceptors (Lipinski definition) is 5. The molecule has 20 heavy (non-hydrogen) atoms. The number of carbonyl (C=O) groups is 2. The van der Waals surface area contributed by atoms with Crippen LogP contribution in [0, 0.1) is 5.92 Å². The lowest BCUT2D eigenvalue weighted by atomic mass is 10.0. The van der Waals surface area contributed by atoms with E-state index >= 15 is 0 Å². The van der Waals surface area contributed by atoms with Crippen molar-refractivity contribution in [3.63, 3.8) is 0 Å². The summed E-state index contributed by atoms with van der Waals surface area (Å²) in [6, 6.07) is 3.84. The molecule has 0 aromatic heterocycles. The van der Waals surface area contributed by atoms with E-state index in [2.05, 4.69) is 10.6 Å². The van der Waals surface area contributed by atoms with Crippen LogP contribution in [0.3, 0.4) is 0 Å². The van der Waals surface area contributed by atoms with Gasteiger partial charge in [0.25, 0.3) is 0 Å². The number of benzene rings is 1. The number of hydrogen-bond donors (Lipinski definition) is 4. The molecule has 4 N–H and O–H groups in total. The Bertz CT molecular complexity index is 531. The number of carbonyl (C=O) groups excluding carboxylic acids is 1. The molecule has 2 atom stereocenters. The summed E-state index contributed by atoms with van der Waals surface area (Å²) in [7, 11) is 1.75. The number of nitrogens with one attached hydrogen (secondary N) is 2. The standard InChI is InChI=1S/C13H16N2O5/c1-14-10-6-20-5-9(10)12(17)15-7-2-3-11(16)8(4-7)13(18)19/h2-4,9-10,14,16H,5-6H2,1H3,(H,15,17)(H,18,19). The lowest BCUT2D eigenvalue weighted by molar-refractivity contribution is -0.120. The largest absolute Gasteiger partial charge is 0.507 e. The molecule has 108 valence electrons. The smallest absolute Gasteiger partial charge is 0.339 e. The van der Waals surface area contributed by atoms with Gasteiger partial charge < -0.3 is 25.6 Å². The van der Waals surface area contributed by atoms with Crippen LogP contribution in [0.15, 0.2) is 18.2 Å². The minimum atomic E-state index is -1.25. The van der Waals surface area contributed by atoms with Crippen molar-refractivity contribution in [1.29, 1.82) is 0 Å². The van der Waals surface area contributed by atoms with Gasteiger partial charge in [-0.25, -0.2) is 4.79 Å². The van der Waals surface area contributed by atoms with Crippen molar-refractivity contribution >= 4 is 17.6 Å². The Labute approximate surface area is 115 Å². The Balaban J connectivity index is 2.12. The van der Waals surface area contributed by atoms with Crippen LogP contribution in [-0.4, -0.2) is 48.4 Å². The average Bonchev–Trinajstić information content (AvgIpc) is 2.89. The Hall–Kier alpha value is -2.12.